The highest BCUT2D eigenvalue weighted by Gasteiger charge is 2.20. The Morgan fingerprint density at radius 1 is 1.42 bits per heavy atom. The number of rotatable bonds is 4. The molecule has 0 spiro atoms. The Hall–Kier alpha value is -1.35. The first kappa shape index (κ1) is 14.1. The zero-order valence-corrected chi connectivity index (χ0v) is 12.0. The highest BCUT2D eigenvalue weighted by Crippen LogP contribution is 2.15. The fourth-order valence-electron chi connectivity index (χ4n) is 2.79. The predicted molar refractivity (Wildman–Crippen MR) is 78.4 cm³/mol. The smallest absolute Gasteiger partial charge is 0.253 e. The van der Waals surface area contributed by atoms with Crippen LogP contribution in [0.2, 0.25) is 0 Å². The maximum absolute atomic E-state index is 12.5. The number of benzene rings is 1. The van der Waals surface area contributed by atoms with E-state index < -0.39 is 0 Å². The minimum atomic E-state index is 0.156. The maximum Gasteiger partial charge on any atom is 0.253 e. The second-order valence-electron chi connectivity index (χ2n) is 5.41. The van der Waals surface area contributed by atoms with E-state index in [0.717, 1.165) is 37.2 Å². The van der Waals surface area contributed by atoms with Crippen molar-refractivity contribution in [2.75, 3.05) is 26.7 Å². The Morgan fingerprint density at radius 3 is 2.89 bits per heavy atom. The zero-order valence-electron chi connectivity index (χ0n) is 12.0. The molecule has 1 aliphatic rings. The third kappa shape index (κ3) is 3.57. The van der Waals surface area contributed by atoms with Crippen LogP contribution in [0.25, 0.3) is 0 Å². The third-order valence-electron chi connectivity index (χ3n) is 3.91. The number of carbonyl (C=O) groups excluding carboxylic acids is 1. The second-order valence-corrected chi connectivity index (χ2v) is 5.41. The van der Waals surface area contributed by atoms with E-state index in [0.29, 0.717) is 5.92 Å². The van der Waals surface area contributed by atoms with Crippen molar-refractivity contribution in [3.05, 3.63) is 35.4 Å². The molecule has 1 fully saturated rings. The van der Waals surface area contributed by atoms with E-state index in [9.17, 15) is 4.79 Å². The molecule has 0 bridgehead atoms. The van der Waals surface area contributed by atoms with Crippen molar-refractivity contribution in [2.24, 2.45) is 5.92 Å². The number of nitrogens with zero attached hydrogens (tertiary/aromatic N) is 1. The first-order chi connectivity index (χ1) is 9.22. The molecule has 1 saturated heterocycles. The van der Waals surface area contributed by atoms with Gasteiger partial charge < -0.3 is 10.2 Å². The highest BCUT2D eigenvalue weighted by atomic mass is 16.2. The van der Waals surface area contributed by atoms with Gasteiger partial charge in [-0.25, -0.2) is 0 Å². The maximum atomic E-state index is 12.5. The summed E-state index contributed by atoms with van der Waals surface area (Å²) in [6.45, 7) is 5.10. The molecule has 19 heavy (non-hydrogen) atoms. The summed E-state index contributed by atoms with van der Waals surface area (Å²) in [5.41, 5.74) is 2.00. The number of hydrogen-bond acceptors (Lipinski definition) is 2. The Morgan fingerprint density at radius 2 is 2.21 bits per heavy atom. The van der Waals surface area contributed by atoms with E-state index in [1.807, 2.05) is 36.2 Å². The van der Waals surface area contributed by atoms with Gasteiger partial charge in [-0.15, -0.1) is 0 Å². The van der Waals surface area contributed by atoms with Crippen molar-refractivity contribution < 1.29 is 4.79 Å². The molecule has 0 saturated carbocycles. The fraction of sp³-hybridized carbons (Fsp3) is 0.562. The van der Waals surface area contributed by atoms with Gasteiger partial charge in [0.15, 0.2) is 0 Å². The van der Waals surface area contributed by atoms with E-state index in [-0.39, 0.29) is 5.91 Å². The molecule has 1 aromatic rings. The molecule has 3 nitrogen and oxygen atoms in total. The quantitative estimate of drug-likeness (QED) is 0.901. The van der Waals surface area contributed by atoms with E-state index in [1.54, 1.807) is 0 Å². The van der Waals surface area contributed by atoms with Crippen LogP contribution < -0.4 is 5.32 Å². The minimum Gasteiger partial charge on any atom is -0.341 e. The largest absolute Gasteiger partial charge is 0.341 e. The summed E-state index contributed by atoms with van der Waals surface area (Å²) in [7, 11) is 1.92. The number of carbonyl (C=O) groups is 1. The van der Waals surface area contributed by atoms with Crippen LogP contribution in [-0.2, 0) is 6.42 Å². The molecule has 0 radical (unpaired) electrons. The lowest BCUT2D eigenvalue weighted by molar-refractivity contribution is 0.0763. The minimum absolute atomic E-state index is 0.156. The molecule has 1 aliphatic heterocycles. The topological polar surface area (TPSA) is 32.3 Å². The van der Waals surface area contributed by atoms with Gasteiger partial charge in [-0.1, -0.05) is 25.1 Å². The average Bonchev–Trinajstić information content (AvgIpc) is 2.47. The molecule has 1 atom stereocenters. The van der Waals surface area contributed by atoms with Crippen LogP contribution in [-0.4, -0.2) is 37.5 Å². The van der Waals surface area contributed by atoms with Gasteiger partial charge in [0.2, 0.25) is 0 Å². The van der Waals surface area contributed by atoms with Gasteiger partial charge >= 0.3 is 0 Å². The lowest BCUT2D eigenvalue weighted by Gasteiger charge is -2.28. The van der Waals surface area contributed by atoms with Crippen molar-refractivity contribution in [1.29, 1.82) is 0 Å². The Labute approximate surface area is 116 Å². The third-order valence-corrected chi connectivity index (χ3v) is 3.91. The monoisotopic (exact) mass is 260 g/mol. The van der Waals surface area contributed by atoms with Gasteiger partial charge in [0, 0.05) is 19.2 Å². The zero-order chi connectivity index (χ0) is 13.7. The van der Waals surface area contributed by atoms with Crippen molar-refractivity contribution >= 4 is 5.91 Å². The number of aryl methyl sites for hydroxylation is 1. The van der Waals surface area contributed by atoms with Crippen LogP contribution in [0.15, 0.2) is 24.3 Å². The highest BCUT2D eigenvalue weighted by molar-refractivity contribution is 5.95. The van der Waals surface area contributed by atoms with Gasteiger partial charge in [0.25, 0.3) is 5.91 Å². The standard InChI is InChI=1S/C16H24N2O/c1-3-14-8-4-5-9-15(14)16(19)18(2)12-13-7-6-10-17-11-13/h4-5,8-9,13,17H,3,6-7,10-12H2,1-2H3. The number of amides is 1. The molecule has 0 aliphatic carbocycles. The van der Waals surface area contributed by atoms with E-state index in [4.69, 9.17) is 0 Å². The Bertz CT molecular complexity index is 425. The van der Waals surface area contributed by atoms with Crippen molar-refractivity contribution in [1.82, 2.24) is 10.2 Å². The summed E-state index contributed by atoms with van der Waals surface area (Å²) in [5.74, 6) is 0.750. The van der Waals surface area contributed by atoms with Crippen LogP contribution in [0.4, 0.5) is 0 Å². The van der Waals surface area contributed by atoms with Crippen molar-refractivity contribution in [3.8, 4) is 0 Å². The SMILES string of the molecule is CCc1ccccc1C(=O)N(C)CC1CCCNC1. The molecular formula is C16H24N2O. The van der Waals surface area contributed by atoms with E-state index in [1.165, 1.54) is 12.8 Å². The molecular weight excluding hydrogens is 236 g/mol. The van der Waals surface area contributed by atoms with Gasteiger partial charge in [-0.2, -0.15) is 0 Å². The molecule has 3 heteroatoms. The van der Waals surface area contributed by atoms with Crippen molar-refractivity contribution in [3.63, 3.8) is 0 Å². The van der Waals surface area contributed by atoms with E-state index in [2.05, 4.69) is 12.2 Å². The number of piperidine rings is 1. The summed E-state index contributed by atoms with van der Waals surface area (Å²) < 4.78 is 0. The molecule has 2 rings (SSSR count). The van der Waals surface area contributed by atoms with Gasteiger partial charge in [0.05, 0.1) is 0 Å². The molecule has 0 aromatic heterocycles. The second kappa shape index (κ2) is 6.71. The molecule has 1 unspecified atom stereocenters. The van der Waals surface area contributed by atoms with Crippen LogP contribution in [0.1, 0.15) is 35.7 Å². The van der Waals surface area contributed by atoms with Crippen molar-refractivity contribution in [2.45, 2.75) is 26.2 Å². The number of nitrogens with one attached hydrogen (secondary N) is 1. The first-order valence-corrected chi connectivity index (χ1v) is 7.26. The van der Waals surface area contributed by atoms with Gasteiger partial charge in [0.1, 0.15) is 0 Å². The Kier molecular flexibility index (Phi) is 4.97. The van der Waals surface area contributed by atoms with Gasteiger partial charge in [-0.05, 0) is 49.9 Å². The Balaban J connectivity index is 2.01. The lowest BCUT2D eigenvalue weighted by atomic mass is 9.98. The summed E-state index contributed by atoms with van der Waals surface area (Å²) in [5, 5.41) is 3.40. The summed E-state index contributed by atoms with van der Waals surface area (Å²) >= 11 is 0. The predicted octanol–water partition coefficient (Wildman–Crippen LogP) is 2.32. The van der Waals surface area contributed by atoms with Crippen LogP contribution >= 0.6 is 0 Å². The molecule has 1 N–H and O–H groups in total. The summed E-state index contributed by atoms with van der Waals surface area (Å²) in [6, 6.07) is 7.93. The molecule has 1 amide bonds. The summed E-state index contributed by atoms with van der Waals surface area (Å²) in [6.07, 6.45) is 3.35. The average molecular weight is 260 g/mol. The van der Waals surface area contributed by atoms with Crippen LogP contribution in [0.5, 0.6) is 0 Å². The van der Waals surface area contributed by atoms with Gasteiger partial charge in [-0.3, -0.25) is 4.79 Å². The van der Waals surface area contributed by atoms with E-state index >= 15 is 0 Å². The molecule has 1 aromatic carbocycles. The van der Waals surface area contributed by atoms with Crippen LogP contribution in [0.3, 0.4) is 0 Å². The number of hydrogen-bond donors (Lipinski definition) is 1. The molecule has 104 valence electrons. The lowest BCUT2D eigenvalue weighted by Crippen LogP contribution is -2.39. The normalized spacial score (nSPS) is 19.2. The fourth-order valence-corrected chi connectivity index (χ4v) is 2.79. The first-order valence-electron chi connectivity index (χ1n) is 7.26. The summed E-state index contributed by atoms with van der Waals surface area (Å²) in [4.78, 5) is 14.4. The van der Waals surface area contributed by atoms with Crippen LogP contribution in [0, 0.1) is 5.92 Å². The molecule has 1 heterocycles.